The van der Waals surface area contributed by atoms with Crippen molar-refractivity contribution < 1.29 is 19.4 Å². The van der Waals surface area contributed by atoms with E-state index in [1.807, 2.05) is 6.92 Å². The molecule has 0 saturated carbocycles. The zero-order valence-electron chi connectivity index (χ0n) is 9.15. The summed E-state index contributed by atoms with van der Waals surface area (Å²) < 4.78 is 4.60. The van der Waals surface area contributed by atoms with Crippen molar-refractivity contribution in [1.29, 1.82) is 0 Å². The molecule has 5 nitrogen and oxygen atoms in total. The predicted octanol–water partition coefficient (Wildman–Crippen LogP) is 1.65. The van der Waals surface area contributed by atoms with Gasteiger partial charge in [-0.25, -0.2) is 9.59 Å². The van der Waals surface area contributed by atoms with Crippen LogP contribution >= 0.6 is 12.4 Å². The van der Waals surface area contributed by atoms with Gasteiger partial charge in [-0.1, -0.05) is 20.3 Å². The van der Waals surface area contributed by atoms with Crippen molar-refractivity contribution in [2.45, 2.75) is 33.2 Å². The monoisotopic (exact) mass is 239 g/mol. The second kappa shape index (κ2) is 8.35. The number of hydrogen-bond acceptors (Lipinski definition) is 3. The topological polar surface area (TPSA) is 75.6 Å². The number of rotatable bonds is 5. The average Bonchev–Trinajstić information content (AvgIpc) is 2.13. The van der Waals surface area contributed by atoms with Gasteiger partial charge in [0.1, 0.15) is 6.04 Å². The van der Waals surface area contributed by atoms with Crippen molar-refractivity contribution in [2.24, 2.45) is 5.92 Å². The highest BCUT2D eigenvalue weighted by atomic mass is 35.5. The van der Waals surface area contributed by atoms with Crippen molar-refractivity contribution >= 4 is 24.5 Å². The predicted molar refractivity (Wildman–Crippen MR) is 58.3 cm³/mol. The number of amides is 1. The average molecular weight is 240 g/mol. The maximum absolute atomic E-state index is 11.0. The molecule has 90 valence electrons. The Morgan fingerprint density at radius 2 is 1.93 bits per heavy atom. The molecule has 6 heteroatoms. The maximum atomic E-state index is 11.0. The van der Waals surface area contributed by atoms with E-state index in [-0.39, 0.29) is 24.9 Å². The summed E-state index contributed by atoms with van der Waals surface area (Å²) in [6, 6.07) is -0.876. The van der Waals surface area contributed by atoms with Crippen LogP contribution in [0.2, 0.25) is 0 Å². The number of carboxylic acid groups (broad SMARTS) is 1. The smallest absolute Gasteiger partial charge is 0.407 e. The first-order valence-electron chi connectivity index (χ1n) is 4.69. The third kappa shape index (κ3) is 6.17. The minimum absolute atomic E-state index is 0. The van der Waals surface area contributed by atoms with Gasteiger partial charge in [0.25, 0.3) is 0 Å². The Labute approximate surface area is 95.6 Å². The Morgan fingerprint density at radius 1 is 1.40 bits per heavy atom. The molecular formula is C9H18ClNO4. The van der Waals surface area contributed by atoms with Gasteiger partial charge in [-0.2, -0.15) is 0 Å². The zero-order valence-corrected chi connectivity index (χ0v) is 9.97. The van der Waals surface area contributed by atoms with Gasteiger partial charge in [0.05, 0.1) is 6.61 Å². The lowest BCUT2D eigenvalue weighted by molar-refractivity contribution is -0.140. The van der Waals surface area contributed by atoms with Crippen molar-refractivity contribution in [2.75, 3.05) is 6.61 Å². The lowest BCUT2D eigenvalue weighted by Gasteiger charge is -2.19. The largest absolute Gasteiger partial charge is 0.480 e. The molecule has 0 radical (unpaired) electrons. The highest BCUT2D eigenvalue weighted by Crippen LogP contribution is 2.07. The number of halogens is 1. The van der Waals surface area contributed by atoms with Crippen LogP contribution in [0.4, 0.5) is 4.79 Å². The van der Waals surface area contributed by atoms with E-state index >= 15 is 0 Å². The third-order valence-corrected chi connectivity index (χ3v) is 2.03. The number of ether oxygens (including phenoxy) is 1. The Balaban J connectivity index is 0. The number of carbonyl (C=O) groups excluding carboxylic acids is 1. The number of aliphatic carboxylic acids is 1. The summed E-state index contributed by atoms with van der Waals surface area (Å²) in [5.74, 6) is -1.15. The highest BCUT2D eigenvalue weighted by Gasteiger charge is 2.25. The van der Waals surface area contributed by atoms with E-state index in [1.165, 1.54) is 0 Å². The maximum Gasteiger partial charge on any atom is 0.407 e. The zero-order chi connectivity index (χ0) is 11.1. The fourth-order valence-electron chi connectivity index (χ4n) is 0.983. The minimum atomic E-state index is -1.03. The second-order valence-electron chi connectivity index (χ2n) is 3.07. The second-order valence-corrected chi connectivity index (χ2v) is 3.07. The SMILES string of the molecule is CCOC(=O)N[C@H](C(=O)O)[C@@H](C)CC.Cl. The van der Waals surface area contributed by atoms with Crippen molar-refractivity contribution in [3.63, 3.8) is 0 Å². The van der Waals surface area contributed by atoms with Crippen LogP contribution in [0.3, 0.4) is 0 Å². The Morgan fingerprint density at radius 3 is 2.27 bits per heavy atom. The van der Waals surface area contributed by atoms with Crippen LogP contribution in [0.5, 0.6) is 0 Å². The number of alkyl carbamates (subject to hydrolysis) is 1. The lowest BCUT2D eigenvalue weighted by Crippen LogP contribution is -2.45. The van der Waals surface area contributed by atoms with Crippen molar-refractivity contribution in [3.8, 4) is 0 Å². The van der Waals surface area contributed by atoms with Gasteiger partial charge < -0.3 is 15.2 Å². The summed E-state index contributed by atoms with van der Waals surface area (Å²) in [5, 5.41) is 11.1. The molecule has 0 fully saturated rings. The molecule has 0 unspecified atom stereocenters. The molecule has 0 aliphatic heterocycles. The van der Waals surface area contributed by atoms with Gasteiger partial charge in [0, 0.05) is 0 Å². The molecule has 0 aliphatic rings. The molecule has 0 bridgehead atoms. The van der Waals surface area contributed by atoms with Crippen LogP contribution in [0.25, 0.3) is 0 Å². The summed E-state index contributed by atoms with van der Waals surface area (Å²) in [5.41, 5.74) is 0. The fourth-order valence-corrected chi connectivity index (χ4v) is 0.983. The van der Waals surface area contributed by atoms with Gasteiger partial charge in [0.2, 0.25) is 0 Å². The molecule has 0 aromatic heterocycles. The summed E-state index contributed by atoms with van der Waals surface area (Å²) in [6.07, 6.45) is 0.00353. The van der Waals surface area contributed by atoms with Crippen LogP contribution in [0, 0.1) is 5.92 Å². The molecule has 0 spiro atoms. The van der Waals surface area contributed by atoms with Crippen LogP contribution in [-0.4, -0.2) is 29.8 Å². The normalized spacial score (nSPS) is 13.3. The molecule has 0 rings (SSSR count). The number of hydrogen-bond donors (Lipinski definition) is 2. The van der Waals surface area contributed by atoms with E-state index < -0.39 is 18.1 Å². The van der Waals surface area contributed by atoms with Crippen molar-refractivity contribution in [3.05, 3.63) is 0 Å². The highest BCUT2D eigenvalue weighted by molar-refractivity contribution is 5.85. The van der Waals surface area contributed by atoms with E-state index in [9.17, 15) is 9.59 Å². The molecule has 0 saturated heterocycles. The molecule has 2 N–H and O–H groups in total. The number of nitrogens with one attached hydrogen (secondary N) is 1. The Bertz CT molecular complexity index is 210. The van der Waals surface area contributed by atoms with E-state index in [2.05, 4.69) is 10.1 Å². The summed E-state index contributed by atoms with van der Waals surface area (Å²) in [4.78, 5) is 21.8. The number of carboxylic acids is 1. The fraction of sp³-hybridized carbons (Fsp3) is 0.778. The minimum Gasteiger partial charge on any atom is -0.480 e. The molecule has 15 heavy (non-hydrogen) atoms. The third-order valence-electron chi connectivity index (χ3n) is 2.03. The van der Waals surface area contributed by atoms with Crippen LogP contribution in [0.15, 0.2) is 0 Å². The van der Waals surface area contributed by atoms with Gasteiger partial charge in [-0.3, -0.25) is 0 Å². The first kappa shape index (κ1) is 16.5. The van der Waals surface area contributed by atoms with Crippen molar-refractivity contribution in [1.82, 2.24) is 5.32 Å². The standard InChI is InChI=1S/C9H17NO4.ClH/c1-4-6(3)7(8(11)12)10-9(13)14-5-2;/h6-7H,4-5H2,1-3H3,(H,10,13)(H,11,12);1H/t6-,7-;/m0./s1. The first-order chi connectivity index (χ1) is 6.52. The van der Waals surface area contributed by atoms with E-state index in [0.29, 0.717) is 6.42 Å². The van der Waals surface area contributed by atoms with Gasteiger partial charge in [-0.05, 0) is 12.8 Å². The first-order valence-corrected chi connectivity index (χ1v) is 4.69. The summed E-state index contributed by atoms with van der Waals surface area (Å²) in [7, 11) is 0. The quantitative estimate of drug-likeness (QED) is 0.765. The van der Waals surface area contributed by atoms with E-state index in [4.69, 9.17) is 5.11 Å². The lowest BCUT2D eigenvalue weighted by atomic mass is 10.00. The Hall–Kier alpha value is -0.970. The van der Waals surface area contributed by atoms with Gasteiger partial charge >= 0.3 is 12.1 Å². The summed E-state index contributed by atoms with van der Waals surface area (Å²) in [6.45, 7) is 5.54. The molecular weight excluding hydrogens is 222 g/mol. The van der Waals surface area contributed by atoms with Crippen LogP contribution in [0.1, 0.15) is 27.2 Å². The van der Waals surface area contributed by atoms with Gasteiger partial charge in [-0.15, -0.1) is 12.4 Å². The van der Waals surface area contributed by atoms with Gasteiger partial charge in [0.15, 0.2) is 0 Å². The molecule has 1 amide bonds. The number of carbonyl (C=O) groups is 2. The Kier molecular flexibility index (Phi) is 9.16. The van der Waals surface area contributed by atoms with E-state index in [0.717, 1.165) is 0 Å². The van der Waals surface area contributed by atoms with Crippen LogP contribution in [-0.2, 0) is 9.53 Å². The van der Waals surface area contributed by atoms with E-state index in [1.54, 1.807) is 13.8 Å². The molecule has 0 aromatic rings. The molecule has 0 aromatic carbocycles. The molecule has 0 aliphatic carbocycles. The molecule has 0 heterocycles. The van der Waals surface area contributed by atoms with Crippen LogP contribution < -0.4 is 5.32 Å². The summed E-state index contributed by atoms with van der Waals surface area (Å²) >= 11 is 0. The molecule has 2 atom stereocenters.